The molecule has 82 valence electrons. The van der Waals surface area contributed by atoms with Gasteiger partial charge in [-0.25, -0.2) is 4.98 Å². The first kappa shape index (κ1) is 10.2. The van der Waals surface area contributed by atoms with Crippen molar-refractivity contribution in [2.75, 3.05) is 25.6 Å². The largest absolute Gasteiger partial charge is 0.469 e. The Labute approximate surface area is 88.8 Å². The van der Waals surface area contributed by atoms with Gasteiger partial charge in [0.15, 0.2) is 0 Å². The van der Waals surface area contributed by atoms with Crippen LogP contribution in [0.1, 0.15) is 11.4 Å². The molecule has 1 fully saturated rings. The fourth-order valence-electron chi connectivity index (χ4n) is 1.40. The van der Waals surface area contributed by atoms with Crippen molar-refractivity contribution in [3.05, 3.63) is 11.4 Å². The average Bonchev–Trinajstić information content (AvgIpc) is 2.16. The minimum Gasteiger partial charge on any atom is -0.469 e. The van der Waals surface area contributed by atoms with Crippen LogP contribution >= 0.6 is 0 Å². The molecule has 0 aliphatic carbocycles. The van der Waals surface area contributed by atoms with Crippen molar-refractivity contribution in [3.8, 4) is 5.88 Å². The SMILES string of the molecule is CNc1nc(C)nc(OC2COC2)c1C. The van der Waals surface area contributed by atoms with E-state index >= 15 is 0 Å². The summed E-state index contributed by atoms with van der Waals surface area (Å²) < 4.78 is 10.7. The van der Waals surface area contributed by atoms with Gasteiger partial charge < -0.3 is 14.8 Å². The lowest BCUT2D eigenvalue weighted by Gasteiger charge is -2.27. The van der Waals surface area contributed by atoms with Crippen LogP contribution in [0, 0.1) is 13.8 Å². The highest BCUT2D eigenvalue weighted by molar-refractivity contribution is 5.48. The van der Waals surface area contributed by atoms with Crippen LogP contribution < -0.4 is 10.1 Å². The van der Waals surface area contributed by atoms with Crippen LogP contribution in [-0.4, -0.2) is 36.3 Å². The van der Waals surface area contributed by atoms with Gasteiger partial charge in [0, 0.05) is 7.05 Å². The van der Waals surface area contributed by atoms with Gasteiger partial charge in [0.25, 0.3) is 0 Å². The molecular formula is C10H15N3O2. The lowest BCUT2D eigenvalue weighted by Crippen LogP contribution is -2.39. The third-order valence-electron chi connectivity index (χ3n) is 2.34. The topological polar surface area (TPSA) is 56.3 Å². The monoisotopic (exact) mass is 209 g/mol. The molecule has 0 radical (unpaired) electrons. The molecule has 0 atom stereocenters. The summed E-state index contributed by atoms with van der Waals surface area (Å²) >= 11 is 0. The number of hydrogen-bond donors (Lipinski definition) is 1. The van der Waals surface area contributed by atoms with Crippen molar-refractivity contribution in [1.29, 1.82) is 0 Å². The third-order valence-corrected chi connectivity index (χ3v) is 2.34. The second-order valence-corrected chi connectivity index (χ2v) is 3.58. The van der Waals surface area contributed by atoms with E-state index in [9.17, 15) is 0 Å². The normalized spacial score (nSPS) is 15.9. The zero-order valence-electron chi connectivity index (χ0n) is 9.20. The molecule has 1 aliphatic heterocycles. The molecular weight excluding hydrogens is 194 g/mol. The maximum atomic E-state index is 5.69. The summed E-state index contributed by atoms with van der Waals surface area (Å²) in [6.07, 6.45) is 0.141. The summed E-state index contributed by atoms with van der Waals surface area (Å²) in [5, 5.41) is 3.02. The van der Waals surface area contributed by atoms with E-state index in [1.165, 1.54) is 0 Å². The number of anilines is 1. The third kappa shape index (κ3) is 2.02. The van der Waals surface area contributed by atoms with E-state index < -0.39 is 0 Å². The molecule has 1 aromatic rings. The Hall–Kier alpha value is -1.36. The quantitative estimate of drug-likeness (QED) is 0.802. The van der Waals surface area contributed by atoms with Crippen LogP contribution in [0.5, 0.6) is 5.88 Å². The number of aromatic nitrogens is 2. The van der Waals surface area contributed by atoms with Gasteiger partial charge in [0.05, 0.1) is 18.8 Å². The number of ether oxygens (including phenoxy) is 2. The molecule has 1 aromatic heterocycles. The maximum absolute atomic E-state index is 5.69. The first-order valence-corrected chi connectivity index (χ1v) is 4.98. The molecule has 1 aliphatic rings. The zero-order valence-corrected chi connectivity index (χ0v) is 9.20. The number of nitrogens with one attached hydrogen (secondary N) is 1. The Morgan fingerprint density at radius 2 is 2.07 bits per heavy atom. The van der Waals surface area contributed by atoms with Crippen LogP contribution in [-0.2, 0) is 4.74 Å². The molecule has 2 heterocycles. The van der Waals surface area contributed by atoms with Gasteiger partial charge in [-0.2, -0.15) is 4.98 Å². The predicted octanol–water partition coefficient (Wildman–Crippen LogP) is 0.913. The number of rotatable bonds is 3. The van der Waals surface area contributed by atoms with Gasteiger partial charge in [0.2, 0.25) is 5.88 Å². The van der Waals surface area contributed by atoms with E-state index in [2.05, 4.69) is 15.3 Å². The van der Waals surface area contributed by atoms with Gasteiger partial charge in [-0.3, -0.25) is 0 Å². The highest BCUT2D eigenvalue weighted by atomic mass is 16.6. The Balaban J connectivity index is 2.24. The molecule has 1 saturated heterocycles. The molecule has 0 unspecified atom stereocenters. The zero-order chi connectivity index (χ0) is 10.8. The fraction of sp³-hybridized carbons (Fsp3) is 0.600. The number of aryl methyl sites for hydroxylation is 1. The molecule has 15 heavy (non-hydrogen) atoms. The van der Waals surface area contributed by atoms with Gasteiger partial charge in [-0.1, -0.05) is 0 Å². The first-order chi connectivity index (χ1) is 7.20. The van der Waals surface area contributed by atoms with Gasteiger partial charge in [0.1, 0.15) is 17.7 Å². The van der Waals surface area contributed by atoms with Crippen molar-refractivity contribution in [2.45, 2.75) is 20.0 Å². The van der Waals surface area contributed by atoms with Crippen molar-refractivity contribution in [2.24, 2.45) is 0 Å². The Morgan fingerprint density at radius 3 is 2.60 bits per heavy atom. The Kier molecular flexibility index (Phi) is 2.73. The maximum Gasteiger partial charge on any atom is 0.222 e. The molecule has 1 N–H and O–H groups in total. The Morgan fingerprint density at radius 1 is 1.33 bits per heavy atom. The minimum absolute atomic E-state index is 0.141. The summed E-state index contributed by atoms with van der Waals surface area (Å²) in [4.78, 5) is 8.54. The van der Waals surface area contributed by atoms with Crippen LogP contribution in [0.25, 0.3) is 0 Å². The van der Waals surface area contributed by atoms with E-state index in [1.54, 1.807) is 0 Å². The molecule has 0 amide bonds. The predicted molar refractivity (Wildman–Crippen MR) is 56.3 cm³/mol. The highest BCUT2D eigenvalue weighted by Gasteiger charge is 2.22. The average molecular weight is 209 g/mol. The smallest absolute Gasteiger partial charge is 0.222 e. The number of hydrogen-bond acceptors (Lipinski definition) is 5. The molecule has 5 heteroatoms. The number of nitrogens with zero attached hydrogens (tertiary/aromatic N) is 2. The lowest BCUT2D eigenvalue weighted by molar-refractivity contribution is -0.0816. The van der Waals surface area contributed by atoms with E-state index in [0.29, 0.717) is 24.9 Å². The summed E-state index contributed by atoms with van der Waals surface area (Å²) in [7, 11) is 1.84. The van der Waals surface area contributed by atoms with Crippen molar-refractivity contribution < 1.29 is 9.47 Å². The summed E-state index contributed by atoms with van der Waals surface area (Å²) in [5.74, 6) is 2.18. The van der Waals surface area contributed by atoms with E-state index in [4.69, 9.17) is 9.47 Å². The van der Waals surface area contributed by atoms with E-state index in [0.717, 1.165) is 11.4 Å². The standard InChI is InChI=1S/C10H15N3O2/c1-6-9(11-3)12-7(2)13-10(6)15-8-4-14-5-8/h8H,4-5H2,1-3H3,(H,11,12,13). The van der Waals surface area contributed by atoms with E-state index in [1.807, 2.05) is 20.9 Å². The molecule has 5 nitrogen and oxygen atoms in total. The molecule has 0 saturated carbocycles. The highest BCUT2D eigenvalue weighted by Crippen LogP contribution is 2.23. The van der Waals surface area contributed by atoms with Crippen LogP contribution in [0.3, 0.4) is 0 Å². The molecule has 0 aromatic carbocycles. The fourth-order valence-corrected chi connectivity index (χ4v) is 1.40. The van der Waals surface area contributed by atoms with Gasteiger partial charge in [-0.05, 0) is 13.8 Å². The molecule has 0 spiro atoms. The van der Waals surface area contributed by atoms with E-state index in [-0.39, 0.29) is 6.10 Å². The van der Waals surface area contributed by atoms with Crippen molar-refractivity contribution in [1.82, 2.24) is 9.97 Å². The van der Waals surface area contributed by atoms with Gasteiger partial charge >= 0.3 is 0 Å². The molecule has 2 rings (SSSR count). The second-order valence-electron chi connectivity index (χ2n) is 3.58. The van der Waals surface area contributed by atoms with Crippen LogP contribution in [0.15, 0.2) is 0 Å². The van der Waals surface area contributed by atoms with Crippen LogP contribution in [0.4, 0.5) is 5.82 Å². The van der Waals surface area contributed by atoms with Crippen LogP contribution in [0.2, 0.25) is 0 Å². The summed E-state index contributed by atoms with van der Waals surface area (Å²) in [6.45, 7) is 5.10. The summed E-state index contributed by atoms with van der Waals surface area (Å²) in [6, 6.07) is 0. The van der Waals surface area contributed by atoms with Crippen molar-refractivity contribution >= 4 is 5.82 Å². The first-order valence-electron chi connectivity index (χ1n) is 4.98. The Bertz CT molecular complexity index is 364. The summed E-state index contributed by atoms with van der Waals surface area (Å²) in [5.41, 5.74) is 0.940. The van der Waals surface area contributed by atoms with Crippen molar-refractivity contribution in [3.63, 3.8) is 0 Å². The van der Waals surface area contributed by atoms with Gasteiger partial charge in [-0.15, -0.1) is 0 Å². The lowest BCUT2D eigenvalue weighted by atomic mass is 10.3. The second kappa shape index (κ2) is 4.02. The minimum atomic E-state index is 0.141. The molecule has 0 bridgehead atoms.